The van der Waals surface area contributed by atoms with E-state index in [0.29, 0.717) is 6.42 Å². The topological polar surface area (TPSA) is 56.7 Å². The molecule has 2 aromatic rings. The third kappa shape index (κ3) is 2.96. The van der Waals surface area contributed by atoms with Gasteiger partial charge in [0.1, 0.15) is 0 Å². The largest absolute Gasteiger partial charge is 0.324 e. The maximum Gasteiger partial charge on any atom is 0.0850 e. The first kappa shape index (κ1) is 14.0. The lowest BCUT2D eigenvalue weighted by Crippen LogP contribution is -2.16. The molecule has 4 nitrogen and oxygen atoms in total. The minimum Gasteiger partial charge on any atom is -0.324 e. The molecule has 2 N–H and O–H groups in total. The highest BCUT2D eigenvalue weighted by atomic mass is 35.5. The van der Waals surface area contributed by atoms with Crippen LogP contribution in [-0.2, 0) is 19.4 Å². The van der Waals surface area contributed by atoms with Crippen LogP contribution in [-0.4, -0.2) is 14.8 Å². The SMILES string of the molecule is CCc1nn(CC)c(CC(N)c2cccnc2)c1Cl. The molecular formula is C14H19ClN4. The number of pyridine rings is 1. The Morgan fingerprint density at radius 3 is 2.79 bits per heavy atom. The van der Waals surface area contributed by atoms with Crippen molar-refractivity contribution in [2.45, 2.75) is 39.3 Å². The van der Waals surface area contributed by atoms with Crippen molar-refractivity contribution in [3.63, 3.8) is 0 Å². The van der Waals surface area contributed by atoms with Gasteiger partial charge in [-0.05, 0) is 25.0 Å². The van der Waals surface area contributed by atoms with E-state index >= 15 is 0 Å². The lowest BCUT2D eigenvalue weighted by Gasteiger charge is -2.13. The summed E-state index contributed by atoms with van der Waals surface area (Å²) < 4.78 is 1.94. The van der Waals surface area contributed by atoms with E-state index in [4.69, 9.17) is 17.3 Å². The third-order valence-corrected chi connectivity index (χ3v) is 3.66. The molecule has 0 bridgehead atoms. The van der Waals surface area contributed by atoms with Gasteiger partial charge in [0.15, 0.2) is 0 Å². The molecule has 0 fully saturated rings. The van der Waals surface area contributed by atoms with Gasteiger partial charge < -0.3 is 5.73 Å². The van der Waals surface area contributed by atoms with Crippen molar-refractivity contribution < 1.29 is 0 Å². The lowest BCUT2D eigenvalue weighted by atomic mass is 10.0. The van der Waals surface area contributed by atoms with Crippen LogP contribution in [0.1, 0.15) is 36.8 Å². The number of nitrogens with zero attached hydrogens (tertiary/aromatic N) is 3. The maximum atomic E-state index is 6.39. The Morgan fingerprint density at radius 1 is 1.42 bits per heavy atom. The van der Waals surface area contributed by atoms with Crippen molar-refractivity contribution in [2.75, 3.05) is 0 Å². The van der Waals surface area contributed by atoms with Gasteiger partial charge in [-0.1, -0.05) is 24.6 Å². The van der Waals surface area contributed by atoms with Crippen molar-refractivity contribution in [2.24, 2.45) is 5.73 Å². The van der Waals surface area contributed by atoms with Gasteiger partial charge >= 0.3 is 0 Å². The molecule has 0 aliphatic rings. The molecule has 0 aromatic carbocycles. The molecule has 5 heteroatoms. The number of hydrogen-bond acceptors (Lipinski definition) is 3. The Kier molecular flexibility index (Phi) is 4.56. The van der Waals surface area contributed by atoms with Gasteiger partial charge in [0, 0.05) is 31.4 Å². The summed E-state index contributed by atoms with van der Waals surface area (Å²) in [5.41, 5.74) is 9.20. The van der Waals surface area contributed by atoms with E-state index in [0.717, 1.165) is 34.9 Å². The van der Waals surface area contributed by atoms with E-state index in [2.05, 4.69) is 23.9 Å². The van der Waals surface area contributed by atoms with E-state index in [1.54, 1.807) is 12.4 Å². The number of rotatable bonds is 5. The molecule has 1 unspecified atom stereocenters. The molecule has 0 saturated heterocycles. The Balaban J connectivity index is 2.26. The zero-order chi connectivity index (χ0) is 13.8. The second-order valence-corrected chi connectivity index (χ2v) is 4.85. The number of nitrogens with two attached hydrogens (primary N) is 1. The Labute approximate surface area is 118 Å². The fraction of sp³-hybridized carbons (Fsp3) is 0.429. The fourth-order valence-corrected chi connectivity index (χ4v) is 2.48. The van der Waals surface area contributed by atoms with Crippen molar-refractivity contribution in [1.29, 1.82) is 0 Å². The van der Waals surface area contributed by atoms with Crippen LogP contribution in [0.2, 0.25) is 5.02 Å². The van der Waals surface area contributed by atoms with E-state index < -0.39 is 0 Å². The first-order valence-electron chi connectivity index (χ1n) is 6.56. The molecule has 1 atom stereocenters. The minimum atomic E-state index is -0.113. The van der Waals surface area contributed by atoms with E-state index in [1.165, 1.54) is 0 Å². The van der Waals surface area contributed by atoms with Crippen LogP contribution in [0.4, 0.5) is 0 Å². The lowest BCUT2D eigenvalue weighted by molar-refractivity contribution is 0.585. The predicted octanol–water partition coefficient (Wildman–Crippen LogP) is 2.76. The molecule has 0 spiro atoms. The summed E-state index contributed by atoms with van der Waals surface area (Å²) in [6.07, 6.45) is 5.05. The standard InChI is InChI=1S/C14H19ClN4/c1-3-12-14(15)13(19(4-2)18-12)8-11(16)10-6-5-7-17-9-10/h5-7,9,11H,3-4,8,16H2,1-2H3. The highest BCUT2D eigenvalue weighted by Crippen LogP contribution is 2.25. The summed E-state index contributed by atoms with van der Waals surface area (Å²) >= 11 is 6.39. The average molecular weight is 279 g/mol. The molecule has 2 heterocycles. The number of halogens is 1. The molecule has 0 aliphatic heterocycles. The van der Waals surface area contributed by atoms with Crippen LogP contribution in [0.15, 0.2) is 24.5 Å². The molecule has 0 amide bonds. The zero-order valence-corrected chi connectivity index (χ0v) is 12.1. The quantitative estimate of drug-likeness (QED) is 0.915. The van der Waals surface area contributed by atoms with Crippen molar-refractivity contribution in [3.05, 3.63) is 46.5 Å². The van der Waals surface area contributed by atoms with Crippen LogP contribution in [0.5, 0.6) is 0 Å². The summed E-state index contributed by atoms with van der Waals surface area (Å²) in [5.74, 6) is 0. The highest BCUT2D eigenvalue weighted by Gasteiger charge is 2.17. The van der Waals surface area contributed by atoms with E-state index in [1.807, 2.05) is 16.8 Å². The first-order chi connectivity index (χ1) is 9.17. The molecule has 19 heavy (non-hydrogen) atoms. The number of hydrogen-bond donors (Lipinski definition) is 1. The summed E-state index contributed by atoms with van der Waals surface area (Å²) in [4.78, 5) is 4.10. The van der Waals surface area contributed by atoms with E-state index in [-0.39, 0.29) is 6.04 Å². The van der Waals surface area contributed by atoms with Crippen molar-refractivity contribution in [1.82, 2.24) is 14.8 Å². The first-order valence-corrected chi connectivity index (χ1v) is 6.94. The Morgan fingerprint density at radius 2 is 2.21 bits per heavy atom. The molecular weight excluding hydrogens is 260 g/mol. The van der Waals surface area contributed by atoms with Gasteiger partial charge in [-0.25, -0.2) is 0 Å². The van der Waals surface area contributed by atoms with Gasteiger partial charge in [0.2, 0.25) is 0 Å². The summed E-state index contributed by atoms with van der Waals surface area (Å²) in [7, 11) is 0. The van der Waals surface area contributed by atoms with Gasteiger partial charge in [-0.2, -0.15) is 5.10 Å². The van der Waals surface area contributed by atoms with E-state index in [9.17, 15) is 0 Å². The van der Waals surface area contributed by atoms with Crippen molar-refractivity contribution >= 4 is 11.6 Å². The normalized spacial score (nSPS) is 12.6. The molecule has 0 saturated carbocycles. The smallest absolute Gasteiger partial charge is 0.0850 e. The zero-order valence-electron chi connectivity index (χ0n) is 11.3. The average Bonchev–Trinajstić information content (AvgIpc) is 2.76. The van der Waals surface area contributed by atoms with Crippen LogP contribution in [0.25, 0.3) is 0 Å². The van der Waals surface area contributed by atoms with Gasteiger partial charge in [0.25, 0.3) is 0 Å². The summed E-state index contributed by atoms with van der Waals surface area (Å²) in [6.45, 7) is 4.91. The van der Waals surface area contributed by atoms with Crippen LogP contribution in [0.3, 0.4) is 0 Å². The molecule has 0 aliphatic carbocycles. The van der Waals surface area contributed by atoms with Crippen molar-refractivity contribution in [3.8, 4) is 0 Å². The van der Waals surface area contributed by atoms with Gasteiger partial charge in [-0.15, -0.1) is 0 Å². The summed E-state index contributed by atoms with van der Waals surface area (Å²) in [5, 5.41) is 5.26. The number of aryl methyl sites for hydroxylation is 2. The number of aromatic nitrogens is 3. The van der Waals surface area contributed by atoms with Gasteiger partial charge in [-0.3, -0.25) is 9.67 Å². The monoisotopic (exact) mass is 278 g/mol. The summed E-state index contributed by atoms with van der Waals surface area (Å²) in [6, 6.07) is 3.77. The Hall–Kier alpha value is -1.39. The third-order valence-electron chi connectivity index (χ3n) is 3.22. The predicted molar refractivity (Wildman–Crippen MR) is 77.2 cm³/mol. The maximum absolute atomic E-state index is 6.39. The Bertz CT molecular complexity index is 536. The second kappa shape index (κ2) is 6.17. The van der Waals surface area contributed by atoms with Crippen LogP contribution < -0.4 is 5.73 Å². The van der Waals surface area contributed by atoms with Crippen LogP contribution >= 0.6 is 11.6 Å². The van der Waals surface area contributed by atoms with Crippen LogP contribution in [0, 0.1) is 0 Å². The minimum absolute atomic E-state index is 0.113. The highest BCUT2D eigenvalue weighted by molar-refractivity contribution is 6.31. The van der Waals surface area contributed by atoms with Gasteiger partial charge in [0.05, 0.1) is 16.4 Å². The molecule has 102 valence electrons. The molecule has 2 rings (SSSR count). The fourth-order valence-electron chi connectivity index (χ4n) is 2.13. The molecule has 2 aromatic heterocycles. The molecule has 0 radical (unpaired) electrons. The second-order valence-electron chi connectivity index (χ2n) is 4.47.